The summed E-state index contributed by atoms with van der Waals surface area (Å²) in [6, 6.07) is 4.61. The minimum absolute atomic E-state index is 0.00396. The van der Waals surface area contributed by atoms with Crippen LogP contribution in [0.5, 0.6) is 5.75 Å². The number of aromatic nitrogens is 1. The number of alkyl carbamates (subject to hydrolysis) is 1. The van der Waals surface area contributed by atoms with Crippen LogP contribution in [0, 0.1) is 5.41 Å². The molecule has 0 unspecified atom stereocenters. The molecule has 4 rings (SSSR count). The topological polar surface area (TPSA) is 173 Å². The Kier molecular flexibility index (Phi) is 10.9. The maximum Gasteiger partial charge on any atom is 0.408 e. The van der Waals surface area contributed by atoms with Crippen molar-refractivity contribution in [3.8, 4) is 5.75 Å². The van der Waals surface area contributed by atoms with Crippen molar-refractivity contribution in [2.24, 2.45) is 5.41 Å². The Labute approximate surface area is 292 Å². The van der Waals surface area contributed by atoms with Gasteiger partial charge in [-0.15, -0.1) is 6.58 Å². The predicted molar refractivity (Wildman–Crippen MR) is 185 cm³/mol. The first kappa shape index (κ1) is 37.9. The number of fused-ring (bicyclic) bond motifs is 1. The Morgan fingerprint density at radius 3 is 2.37 bits per heavy atom. The fraction of sp³-hybridized carbons (Fsp3) is 0.559. The van der Waals surface area contributed by atoms with Gasteiger partial charge in [0.25, 0.3) is 5.91 Å². The Balaban J connectivity index is 1.67. The van der Waals surface area contributed by atoms with Crippen LogP contribution >= 0.6 is 11.6 Å². The summed E-state index contributed by atoms with van der Waals surface area (Å²) in [6.45, 7) is 15.4. The number of hydrogen-bond donors (Lipinski definition) is 3. The van der Waals surface area contributed by atoms with Crippen LogP contribution < -0.4 is 20.1 Å². The molecule has 3 N–H and O–H groups in total. The van der Waals surface area contributed by atoms with Gasteiger partial charge in [-0.2, -0.15) is 0 Å². The number of ether oxygens (including phenoxy) is 2. The lowest BCUT2D eigenvalue weighted by atomic mass is 9.85. The van der Waals surface area contributed by atoms with Crippen molar-refractivity contribution in [1.82, 2.24) is 25.2 Å². The highest BCUT2D eigenvalue weighted by molar-refractivity contribution is 7.91. The predicted octanol–water partition coefficient (Wildman–Crippen LogP) is 4.24. The number of pyridine rings is 1. The number of para-hydroxylation sites is 1. The average Bonchev–Trinajstić information content (AvgIpc) is 3.76. The lowest BCUT2D eigenvalue weighted by Gasteiger charge is -2.36. The second kappa shape index (κ2) is 14.1. The zero-order chi connectivity index (χ0) is 36.5. The van der Waals surface area contributed by atoms with E-state index in [1.807, 2.05) is 0 Å². The molecular weight excluding hydrogens is 674 g/mol. The molecule has 1 aliphatic heterocycles. The highest BCUT2D eigenvalue weighted by Gasteiger charge is 2.48. The summed E-state index contributed by atoms with van der Waals surface area (Å²) in [6.07, 6.45) is 2.21. The molecule has 1 saturated heterocycles. The van der Waals surface area contributed by atoms with E-state index >= 15 is 0 Å². The van der Waals surface area contributed by atoms with E-state index in [4.69, 9.17) is 21.1 Å². The fourth-order valence-electron chi connectivity index (χ4n) is 5.55. The summed E-state index contributed by atoms with van der Waals surface area (Å²) in [5, 5.41) is 5.84. The average molecular weight is 720 g/mol. The second-order valence-corrected chi connectivity index (χ2v) is 17.2. The fourth-order valence-corrected chi connectivity index (χ4v) is 7.17. The molecule has 2 fully saturated rings. The Bertz CT molecular complexity index is 1730. The first-order valence-electron chi connectivity index (χ1n) is 16.1. The van der Waals surface area contributed by atoms with E-state index in [-0.39, 0.29) is 19.4 Å². The van der Waals surface area contributed by atoms with Crippen molar-refractivity contribution in [1.29, 1.82) is 0 Å². The molecule has 268 valence electrons. The zero-order valence-electron chi connectivity index (χ0n) is 29.0. The van der Waals surface area contributed by atoms with Crippen molar-refractivity contribution in [2.75, 3.05) is 6.54 Å². The van der Waals surface area contributed by atoms with Crippen molar-refractivity contribution >= 4 is 56.3 Å². The number of nitrogens with zero attached hydrogens (tertiary/aromatic N) is 2. The first-order chi connectivity index (χ1) is 22.6. The Morgan fingerprint density at radius 1 is 1.10 bits per heavy atom. The van der Waals surface area contributed by atoms with E-state index in [9.17, 15) is 27.6 Å². The van der Waals surface area contributed by atoms with E-state index in [0.717, 1.165) is 0 Å². The number of nitrogens with one attached hydrogen (secondary N) is 3. The molecule has 13 nitrogen and oxygen atoms in total. The Morgan fingerprint density at radius 2 is 1.78 bits per heavy atom. The third kappa shape index (κ3) is 9.21. The van der Waals surface area contributed by atoms with Crippen molar-refractivity contribution in [3.05, 3.63) is 48.1 Å². The van der Waals surface area contributed by atoms with Crippen LogP contribution in [0.3, 0.4) is 0 Å². The molecule has 2 aromatic rings. The van der Waals surface area contributed by atoms with E-state index < -0.39 is 73.8 Å². The van der Waals surface area contributed by atoms with Crippen LogP contribution in [0.15, 0.2) is 43.1 Å². The quantitative estimate of drug-likeness (QED) is 0.287. The molecule has 1 aromatic heterocycles. The molecule has 0 bridgehead atoms. The minimum Gasteiger partial charge on any atom is -0.486 e. The number of carbonyl (C=O) groups excluding carboxylic acids is 4. The number of amides is 4. The molecule has 1 aromatic carbocycles. The smallest absolute Gasteiger partial charge is 0.408 e. The highest BCUT2D eigenvalue weighted by atomic mass is 35.5. The van der Waals surface area contributed by atoms with Gasteiger partial charge in [-0.1, -0.05) is 50.6 Å². The molecule has 15 heteroatoms. The molecular formula is C34H46ClN5O8S. The zero-order valence-corrected chi connectivity index (χ0v) is 30.5. The van der Waals surface area contributed by atoms with Crippen LogP contribution in [0.25, 0.3) is 10.9 Å². The molecule has 2 heterocycles. The van der Waals surface area contributed by atoms with Gasteiger partial charge in [-0.05, 0) is 64.5 Å². The number of rotatable bonds is 11. The number of hydrogen-bond acceptors (Lipinski definition) is 9. The summed E-state index contributed by atoms with van der Waals surface area (Å²) in [5.41, 5.74) is -2.88. The molecule has 49 heavy (non-hydrogen) atoms. The van der Waals surface area contributed by atoms with Gasteiger partial charge in [0.1, 0.15) is 40.6 Å². The summed E-state index contributed by atoms with van der Waals surface area (Å²) in [4.78, 5) is 60.5. The van der Waals surface area contributed by atoms with Crippen LogP contribution in [0.2, 0.25) is 5.02 Å². The van der Waals surface area contributed by atoms with Gasteiger partial charge in [0, 0.05) is 18.0 Å². The van der Waals surface area contributed by atoms with Crippen molar-refractivity contribution in [3.63, 3.8) is 0 Å². The number of halogens is 1. The molecule has 1 saturated carbocycles. The minimum atomic E-state index is -3.92. The lowest BCUT2D eigenvalue weighted by molar-refractivity contribution is -0.143. The standard InChI is InChI=1S/C34H46ClN5O8S/c1-9-16-34(8,30(43)39-49(45,46)21-13-14-21)38-28(41)24-18-20(47-25-12-10-11-22-23(35)15-17-36-26(22)25)19-40(24)29(42)27(32(2,3)4)37-31(44)48-33(5,6)7/h9-12,15,17,20-21,24,27H,1,13-14,16,18-19H2,2-8H3,(H,37,44)(H,38,41)(H,39,43)/t20-,24-,27-,34+/m1/s1. The van der Waals surface area contributed by atoms with Crippen molar-refractivity contribution < 1.29 is 37.1 Å². The SMILES string of the molecule is C=CC[C@](C)(NC(=O)[C@H]1C[C@@H](Oc2cccc3c(Cl)ccnc23)CN1C(=O)[C@@H](NC(=O)OC(C)(C)C)C(C)(C)C)C(=O)NS(=O)(=O)C1CC1. The summed E-state index contributed by atoms with van der Waals surface area (Å²) >= 11 is 6.38. The molecule has 4 atom stereocenters. The van der Waals surface area contributed by atoms with Gasteiger partial charge in [0.05, 0.1) is 16.8 Å². The summed E-state index contributed by atoms with van der Waals surface area (Å²) in [5.74, 6) is -1.82. The van der Waals surface area contributed by atoms with E-state index in [0.29, 0.717) is 34.5 Å². The van der Waals surface area contributed by atoms with Crippen molar-refractivity contribution in [2.45, 2.75) is 109 Å². The third-order valence-corrected chi connectivity index (χ3v) is 10.4. The number of carbonyl (C=O) groups is 4. The van der Waals surface area contributed by atoms with Gasteiger partial charge >= 0.3 is 6.09 Å². The Hall–Kier alpha value is -3.91. The highest BCUT2D eigenvalue weighted by Crippen LogP contribution is 2.33. The van der Waals surface area contributed by atoms with E-state index in [1.165, 1.54) is 17.9 Å². The van der Waals surface area contributed by atoms with Crippen LogP contribution in [0.4, 0.5) is 4.79 Å². The maximum absolute atomic E-state index is 14.4. The molecule has 1 aliphatic carbocycles. The maximum atomic E-state index is 14.4. The van der Waals surface area contributed by atoms with Crippen LogP contribution in [0.1, 0.15) is 74.1 Å². The number of benzene rings is 1. The largest absolute Gasteiger partial charge is 0.486 e. The monoisotopic (exact) mass is 719 g/mol. The molecule has 0 spiro atoms. The van der Waals surface area contributed by atoms with E-state index in [2.05, 4.69) is 26.9 Å². The lowest BCUT2D eigenvalue weighted by Crippen LogP contribution is -2.62. The molecule has 0 radical (unpaired) electrons. The second-order valence-electron chi connectivity index (χ2n) is 14.9. The molecule has 4 amide bonds. The van der Waals surface area contributed by atoms with Gasteiger partial charge in [-0.25, -0.2) is 13.2 Å². The molecule has 2 aliphatic rings. The van der Waals surface area contributed by atoms with E-state index in [1.54, 1.807) is 72.0 Å². The van der Waals surface area contributed by atoms with Crippen LogP contribution in [-0.2, 0) is 29.1 Å². The van der Waals surface area contributed by atoms with Gasteiger partial charge in [0.2, 0.25) is 21.8 Å². The number of likely N-dealkylation sites (tertiary alicyclic amines) is 1. The van der Waals surface area contributed by atoms with Gasteiger partial charge in [-0.3, -0.25) is 24.1 Å². The third-order valence-electron chi connectivity index (χ3n) is 8.25. The summed E-state index contributed by atoms with van der Waals surface area (Å²) < 4.78 is 39.1. The first-order valence-corrected chi connectivity index (χ1v) is 18.1. The number of sulfonamides is 1. The van der Waals surface area contributed by atoms with Gasteiger partial charge in [0.15, 0.2) is 0 Å². The summed E-state index contributed by atoms with van der Waals surface area (Å²) in [7, 11) is -3.92. The normalized spacial score (nSPS) is 20.1. The van der Waals surface area contributed by atoms with Gasteiger partial charge < -0.3 is 25.0 Å². The van der Waals surface area contributed by atoms with Crippen LogP contribution in [-0.4, -0.2) is 83.2 Å².